The van der Waals surface area contributed by atoms with Crippen LogP contribution in [0.3, 0.4) is 0 Å². The van der Waals surface area contributed by atoms with Gasteiger partial charge < -0.3 is 5.32 Å². The normalized spacial score (nSPS) is 21.0. The molecule has 1 atom stereocenters. The molecule has 1 aromatic rings. The van der Waals surface area contributed by atoms with Crippen molar-refractivity contribution in [2.45, 2.75) is 12.3 Å². The number of halogens is 2. The van der Waals surface area contributed by atoms with E-state index in [1.54, 1.807) is 18.2 Å². The summed E-state index contributed by atoms with van der Waals surface area (Å²) in [5.41, 5.74) is 0.884. The molecule has 1 aliphatic heterocycles. The van der Waals surface area contributed by atoms with Crippen LogP contribution in [0.2, 0.25) is 10.0 Å². The monoisotopic (exact) mass is 229 g/mol. The van der Waals surface area contributed by atoms with Crippen LogP contribution in [0, 0.1) is 0 Å². The van der Waals surface area contributed by atoms with Crippen LogP contribution in [0.4, 0.5) is 0 Å². The van der Waals surface area contributed by atoms with Gasteiger partial charge in [-0.2, -0.15) is 0 Å². The topological polar surface area (TPSA) is 29.1 Å². The molecule has 2 rings (SSSR count). The van der Waals surface area contributed by atoms with Crippen LogP contribution in [-0.2, 0) is 4.79 Å². The van der Waals surface area contributed by atoms with E-state index < -0.39 is 0 Å². The molecule has 0 saturated carbocycles. The molecule has 1 unspecified atom stereocenters. The molecular weight excluding hydrogens is 221 g/mol. The van der Waals surface area contributed by atoms with Crippen LogP contribution < -0.4 is 5.32 Å². The Morgan fingerprint density at radius 2 is 1.93 bits per heavy atom. The molecule has 1 aromatic carbocycles. The number of benzene rings is 1. The van der Waals surface area contributed by atoms with E-state index in [-0.39, 0.29) is 11.8 Å². The van der Waals surface area contributed by atoms with Gasteiger partial charge in [0, 0.05) is 28.9 Å². The minimum atomic E-state index is 0.0611. The summed E-state index contributed by atoms with van der Waals surface area (Å²) in [4.78, 5) is 11.1. The first-order valence-electron chi connectivity index (χ1n) is 4.39. The highest BCUT2D eigenvalue weighted by Crippen LogP contribution is 2.34. The molecule has 0 aromatic heterocycles. The van der Waals surface area contributed by atoms with E-state index in [1.807, 2.05) is 0 Å². The Labute approximate surface area is 92.2 Å². The van der Waals surface area contributed by atoms with Crippen molar-refractivity contribution in [2.24, 2.45) is 0 Å². The maximum atomic E-state index is 11.1. The maximum Gasteiger partial charge on any atom is 0.220 e. The average Bonchev–Trinajstić information content (AvgIpc) is 2.51. The van der Waals surface area contributed by atoms with E-state index in [4.69, 9.17) is 23.2 Å². The summed E-state index contributed by atoms with van der Waals surface area (Å²) in [7, 11) is 0. The fourth-order valence-corrected chi connectivity index (χ4v) is 2.42. The SMILES string of the molecule is O=C1CC(c2c(Cl)cccc2Cl)CN1. The van der Waals surface area contributed by atoms with Gasteiger partial charge in [0.05, 0.1) is 0 Å². The number of nitrogens with one attached hydrogen (secondary N) is 1. The third kappa shape index (κ3) is 1.72. The third-order valence-corrected chi connectivity index (χ3v) is 3.04. The maximum absolute atomic E-state index is 11.1. The zero-order chi connectivity index (χ0) is 10.1. The molecular formula is C10H9Cl2NO. The Bertz CT molecular complexity index is 358. The fraction of sp³-hybridized carbons (Fsp3) is 0.300. The Hall–Kier alpha value is -0.730. The molecule has 4 heteroatoms. The lowest BCUT2D eigenvalue weighted by atomic mass is 9.98. The molecule has 1 amide bonds. The molecule has 0 radical (unpaired) electrons. The average molecular weight is 230 g/mol. The Morgan fingerprint density at radius 3 is 2.43 bits per heavy atom. The molecule has 1 aliphatic rings. The third-order valence-electron chi connectivity index (χ3n) is 2.39. The second kappa shape index (κ2) is 3.79. The second-order valence-corrected chi connectivity index (χ2v) is 4.15. The van der Waals surface area contributed by atoms with Crippen LogP contribution in [-0.4, -0.2) is 12.5 Å². The van der Waals surface area contributed by atoms with Gasteiger partial charge in [-0.15, -0.1) is 0 Å². The Balaban J connectivity index is 2.36. The summed E-state index contributed by atoms with van der Waals surface area (Å²) >= 11 is 12.1. The Morgan fingerprint density at radius 1 is 1.29 bits per heavy atom. The van der Waals surface area contributed by atoms with Gasteiger partial charge in [-0.05, 0) is 17.7 Å². The van der Waals surface area contributed by atoms with Gasteiger partial charge >= 0.3 is 0 Å². The van der Waals surface area contributed by atoms with E-state index in [2.05, 4.69) is 5.32 Å². The molecule has 1 saturated heterocycles. The lowest BCUT2D eigenvalue weighted by Crippen LogP contribution is -2.13. The van der Waals surface area contributed by atoms with Crippen LogP contribution in [0.15, 0.2) is 18.2 Å². The van der Waals surface area contributed by atoms with Crippen molar-refractivity contribution in [2.75, 3.05) is 6.54 Å². The predicted molar refractivity (Wildman–Crippen MR) is 56.8 cm³/mol. The van der Waals surface area contributed by atoms with Crippen molar-refractivity contribution < 1.29 is 4.79 Å². The van der Waals surface area contributed by atoms with Crippen molar-refractivity contribution in [1.82, 2.24) is 5.32 Å². The standard InChI is InChI=1S/C10H9Cl2NO/c11-7-2-1-3-8(12)10(7)6-4-9(14)13-5-6/h1-3,6H,4-5H2,(H,13,14). The highest BCUT2D eigenvalue weighted by molar-refractivity contribution is 6.36. The van der Waals surface area contributed by atoms with Crippen LogP contribution in [0.5, 0.6) is 0 Å². The molecule has 1 N–H and O–H groups in total. The van der Waals surface area contributed by atoms with Crippen LogP contribution in [0.1, 0.15) is 17.9 Å². The van der Waals surface area contributed by atoms with E-state index in [9.17, 15) is 4.79 Å². The van der Waals surface area contributed by atoms with E-state index in [0.29, 0.717) is 23.0 Å². The number of carbonyl (C=O) groups is 1. The smallest absolute Gasteiger partial charge is 0.220 e. The highest BCUT2D eigenvalue weighted by Gasteiger charge is 2.26. The fourth-order valence-electron chi connectivity index (χ4n) is 1.71. The molecule has 14 heavy (non-hydrogen) atoms. The molecule has 0 aliphatic carbocycles. The molecule has 0 bridgehead atoms. The van der Waals surface area contributed by atoms with Crippen molar-refractivity contribution in [3.8, 4) is 0 Å². The number of rotatable bonds is 1. The minimum absolute atomic E-state index is 0.0611. The molecule has 2 nitrogen and oxygen atoms in total. The summed E-state index contributed by atoms with van der Waals surface area (Å²) in [5, 5.41) is 4.04. The summed E-state index contributed by atoms with van der Waals surface area (Å²) in [5.74, 6) is 0.176. The first kappa shape index (κ1) is 9.81. The van der Waals surface area contributed by atoms with Gasteiger partial charge in [-0.1, -0.05) is 29.3 Å². The van der Waals surface area contributed by atoms with Gasteiger partial charge in [0.2, 0.25) is 5.91 Å². The zero-order valence-corrected chi connectivity index (χ0v) is 8.90. The van der Waals surface area contributed by atoms with Crippen molar-refractivity contribution >= 4 is 29.1 Å². The van der Waals surface area contributed by atoms with Gasteiger partial charge in [0.1, 0.15) is 0 Å². The summed E-state index contributed by atoms with van der Waals surface area (Å²) in [6.45, 7) is 0.627. The summed E-state index contributed by atoms with van der Waals surface area (Å²) in [6.07, 6.45) is 0.476. The lowest BCUT2D eigenvalue weighted by Gasteiger charge is -2.11. The first-order valence-corrected chi connectivity index (χ1v) is 5.14. The molecule has 1 fully saturated rings. The van der Waals surface area contributed by atoms with Gasteiger partial charge in [0.15, 0.2) is 0 Å². The quantitative estimate of drug-likeness (QED) is 0.789. The number of carbonyl (C=O) groups excluding carboxylic acids is 1. The predicted octanol–water partition coefficient (Wildman–Crippen LogP) is 2.60. The lowest BCUT2D eigenvalue weighted by molar-refractivity contribution is -0.119. The van der Waals surface area contributed by atoms with Gasteiger partial charge in [-0.25, -0.2) is 0 Å². The van der Waals surface area contributed by atoms with Crippen LogP contribution >= 0.6 is 23.2 Å². The minimum Gasteiger partial charge on any atom is -0.355 e. The molecule has 74 valence electrons. The number of hydrogen-bond donors (Lipinski definition) is 1. The van der Waals surface area contributed by atoms with Gasteiger partial charge in [-0.3, -0.25) is 4.79 Å². The van der Waals surface area contributed by atoms with Crippen molar-refractivity contribution in [3.63, 3.8) is 0 Å². The zero-order valence-electron chi connectivity index (χ0n) is 7.39. The van der Waals surface area contributed by atoms with E-state index in [0.717, 1.165) is 5.56 Å². The van der Waals surface area contributed by atoms with Crippen molar-refractivity contribution in [1.29, 1.82) is 0 Å². The van der Waals surface area contributed by atoms with Crippen molar-refractivity contribution in [3.05, 3.63) is 33.8 Å². The van der Waals surface area contributed by atoms with E-state index >= 15 is 0 Å². The van der Waals surface area contributed by atoms with Gasteiger partial charge in [0.25, 0.3) is 0 Å². The second-order valence-electron chi connectivity index (χ2n) is 3.34. The largest absolute Gasteiger partial charge is 0.355 e. The van der Waals surface area contributed by atoms with Crippen LogP contribution in [0.25, 0.3) is 0 Å². The Kier molecular flexibility index (Phi) is 2.66. The number of amides is 1. The van der Waals surface area contributed by atoms with E-state index in [1.165, 1.54) is 0 Å². The summed E-state index contributed by atoms with van der Waals surface area (Å²) in [6, 6.07) is 5.40. The molecule has 0 spiro atoms. The first-order chi connectivity index (χ1) is 6.68. The highest BCUT2D eigenvalue weighted by atomic mass is 35.5. The summed E-state index contributed by atoms with van der Waals surface area (Å²) < 4.78 is 0. The number of hydrogen-bond acceptors (Lipinski definition) is 1. The molecule has 1 heterocycles.